The highest BCUT2D eigenvalue weighted by atomic mass is 16.5. The molecule has 0 amide bonds. The fraction of sp³-hybridized carbons (Fsp3) is 0.696. The third-order valence-electron chi connectivity index (χ3n) is 6.23. The van der Waals surface area contributed by atoms with Crippen molar-refractivity contribution in [1.29, 1.82) is 0 Å². The van der Waals surface area contributed by atoms with Gasteiger partial charge in [-0.25, -0.2) is 0 Å². The van der Waals surface area contributed by atoms with E-state index in [1.165, 1.54) is 11.1 Å². The molecule has 0 unspecified atom stereocenters. The zero-order valence-corrected chi connectivity index (χ0v) is 18.9. The summed E-state index contributed by atoms with van der Waals surface area (Å²) in [6.07, 6.45) is 1.66. The van der Waals surface area contributed by atoms with Gasteiger partial charge in [0.1, 0.15) is 0 Å². The van der Waals surface area contributed by atoms with Crippen LogP contribution in [0.2, 0.25) is 0 Å². The van der Waals surface area contributed by atoms with Gasteiger partial charge in [-0.3, -0.25) is 14.8 Å². The van der Waals surface area contributed by atoms with Gasteiger partial charge in [-0.15, -0.1) is 0 Å². The first-order valence-corrected chi connectivity index (χ1v) is 11.2. The molecule has 168 valence electrons. The predicted octanol–water partition coefficient (Wildman–Crippen LogP) is 1.42. The van der Waals surface area contributed by atoms with Gasteiger partial charge in [0.2, 0.25) is 0 Å². The lowest BCUT2D eigenvalue weighted by Crippen LogP contribution is -2.56. The molecule has 0 atom stereocenters. The molecule has 2 aliphatic heterocycles. The van der Waals surface area contributed by atoms with Crippen LogP contribution in [0.5, 0.6) is 0 Å². The fourth-order valence-corrected chi connectivity index (χ4v) is 4.09. The lowest BCUT2D eigenvalue weighted by Gasteiger charge is -2.41. The van der Waals surface area contributed by atoms with Crippen molar-refractivity contribution in [3.05, 3.63) is 35.4 Å². The first-order valence-electron chi connectivity index (χ1n) is 11.2. The standard InChI is InChI=1S/C23H39N5O2/c1-23(2,28-12-14-30-15-13-28)18-26-22(24-3)25-16-19-4-6-20(7-5-19)17-27-10-8-21(29)9-11-27/h4-7,21,29H,8-18H2,1-3H3,(H2,24,25,26). The van der Waals surface area contributed by atoms with E-state index in [0.717, 1.165) is 77.8 Å². The third-order valence-corrected chi connectivity index (χ3v) is 6.23. The summed E-state index contributed by atoms with van der Waals surface area (Å²) in [7, 11) is 1.82. The molecule has 0 radical (unpaired) electrons. The van der Waals surface area contributed by atoms with Crippen molar-refractivity contribution in [3.63, 3.8) is 0 Å². The molecule has 2 saturated heterocycles. The van der Waals surface area contributed by atoms with Crippen molar-refractivity contribution in [2.75, 3.05) is 53.0 Å². The summed E-state index contributed by atoms with van der Waals surface area (Å²) in [5, 5.41) is 16.5. The van der Waals surface area contributed by atoms with Gasteiger partial charge in [-0.05, 0) is 37.8 Å². The molecule has 0 bridgehead atoms. The lowest BCUT2D eigenvalue weighted by atomic mass is 10.0. The monoisotopic (exact) mass is 417 g/mol. The average Bonchev–Trinajstić information content (AvgIpc) is 2.77. The van der Waals surface area contributed by atoms with Gasteiger partial charge >= 0.3 is 0 Å². The molecule has 7 nitrogen and oxygen atoms in total. The second-order valence-electron chi connectivity index (χ2n) is 9.01. The van der Waals surface area contributed by atoms with Gasteiger partial charge in [0.15, 0.2) is 5.96 Å². The zero-order valence-electron chi connectivity index (χ0n) is 18.9. The Morgan fingerprint density at radius 2 is 1.70 bits per heavy atom. The molecule has 2 heterocycles. The highest BCUT2D eigenvalue weighted by Crippen LogP contribution is 2.16. The van der Waals surface area contributed by atoms with E-state index < -0.39 is 0 Å². The van der Waals surface area contributed by atoms with Gasteiger partial charge in [-0.2, -0.15) is 0 Å². The topological polar surface area (TPSA) is 72.4 Å². The Morgan fingerprint density at radius 1 is 1.07 bits per heavy atom. The summed E-state index contributed by atoms with van der Waals surface area (Å²) in [6.45, 7) is 12.6. The number of aliphatic hydroxyl groups excluding tert-OH is 1. The normalized spacial score (nSPS) is 20.3. The number of likely N-dealkylation sites (tertiary alicyclic amines) is 1. The molecule has 30 heavy (non-hydrogen) atoms. The average molecular weight is 418 g/mol. The van der Waals surface area contributed by atoms with Crippen LogP contribution in [0.3, 0.4) is 0 Å². The Morgan fingerprint density at radius 3 is 2.33 bits per heavy atom. The van der Waals surface area contributed by atoms with Crippen LogP contribution in [0.4, 0.5) is 0 Å². The number of aliphatic hydroxyl groups is 1. The molecular formula is C23H39N5O2. The quantitative estimate of drug-likeness (QED) is 0.460. The van der Waals surface area contributed by atoms with Crippen LogP contribution >= 0.6 is 0 Å². The van der Waals surface area contributed by atoms with E-state index in [0.29, 0.717) is 0 Å². The largest absolute Gasteiger partial charge is 0.393 e. The molecule has 2 fully saturated rings. The number of ether oxygens (including phenoxy) is 1. The number of guanidine groups is 1. The smallest absolute Gasteiger partial charge is 0.191 e. The van der Waals surface area contributed by atoms with Crippen molar-refractivity contribution in [3.8, 4) is 0 Å². The summed E-state index contributed by atoms with van der Waals surface area (Å²) < 4.78 is 5.47. The number of hydrogen-bond acceptors (Lipinski definition) is 5. The van der Waals surface area contributed by atoms with Gasteiger partial charge in [0.25, 0.3) is 0 Å². The number of hydrogen-bond donors (Lipinski definition) is 3. The highest BCUT2D eigenvalue weighted by molar-refractivity contribution is 5.79. The van der Waals surface area contributed by atoms with E-state index in [2.05, 4.69) is 63.5 Å². The molecule has 3 N–H and O–H groups in total. The number of rotatable bonds is 7. The van der Waals surface area contributed by atoms with Gasteiger partial charge < -0.3 is 20.5 Å². The molecule has 0 aliphatic carbocycles. The van der Waals surface area contributed by atoms with E-state index >= 15 is 0 Å². The van der Waals surface area contributed by atoms with Crippen molar-refractivity contribution in [2.24, 2.45) is 4.99 Å². The van der Waals surface area contributed by atoms with Crippen LogP contribution in [-0.2, 0) is 17.8 Å². The Kier molecular flexibility index (Phi) is 8.50. The Balaban J connectivity index is 1.42. The molecule has 0 saturated carbocycles. The van der Waals surface area contributed by atoms with Crippen LogP contribution < -0.4 is 10.6 Å². The third kappa shape index (κ3) is 6.94. The van der Waals surface area contributed by atoms with Crippen LogP contribution in [0.15, 0.2) is 29.3 Å². The Labute approximate surface area is 181 Å². The van der Waals surface area contributed by atoms with E-state index in [1.54, 1.807) is 0 Å². The van der Waals surface area contributed by atoms with E-state index in [-0.39, 0.29) is 11.6 Å². The maximum Gasteiger partial charge on any atom is 0.191 e. The molecule has 0 spiro atoms. The summed E-state index contributed by atoms with van der Waals surface area (Å²) in [5.74, 6) is 0.826. The van der Waals surface area contributed by atoms with Gasteiger partial charge in [0.05, 0.1) is 19.3 Å². The van der Waals surface area contributed by atoms with Crippen molar-refractivity contribution in [2.45, 2.75) is 51.4 Å². The second kappa shape index (κ2) is 11.1. The molecular weight excluding hydrogens is 378 g/mol. The molecule has 7 heteroatoms. The maximum atomic E-state index is 9.65. The first kappa shape index (κ1) is 23.0. The minimum Gasteiger partial charge on any atom is -0.393 e. The molecule has 1 aromatic carbocycles. The van der Waals surface area contributed by atoms with Gasteiger partial charge in [0, 0.05) is 58.4 Å². The number of benzene rings is 1. The minimum absolute atomic E-state index is 0.0492. The lowest BCUT2D eigenvalue weighted by molar-refractivity contribution is -0.00834. The van der Waals surface area contributed by atoms with E-state index in [9.17, 15) is 5.11 Å². The van der Waals surface area contributed by atoms with Crippen LogP contribution in [-0.4, -0.2) is 85.5 Å². The van der Waals surface area contributed by atoms with E-state index in [4.69, 9.17) is 4.74 Å². The summed E-state index contributed by atoms with van der Waals surface area (Å²) >= 11 is 0. The van der Waals surface area contributed by atoms with Crippen molar-refractivity contribution >= 4 is 5.96 Å². The Bertz CT molecular complexity index is 663. The number of nitrogens with zero attached hydrogens (tertiary/aromatic N) is 3. The SMILES string of the molecule is CN=C(NCc1ccc(CN2CCC(O)CC2)cc1)NCC(C)(C)N1CCOCC1. The summed E-state index contributed by atoms with van der Waals surface area (Å²) in [4.78, 5) is 9.27. The number of aliphatic imine (C=N–C) groups is 1. The molecule has 3 rings (SSSR count). The maximum absolute atomic E-state index is 9.65. The first-order chi connectivity index (χ1) is 14.5. The Hall–Kier alpha value is -1.67. The van der Waals surface area contributed by atoms with Crippen molar-refractivity contribution < 1.29 is 9.84 Å². The zero-order chi connectivity index (χ0) is 21.4. The molecule has 1 aromatic rings. The number of piperidine rings is 1. The highest BCUT2D eigenvalue weighted by Gasteiger charge is 2.28. The number of morpholine rings is 1. The van der Waals surface area contributed by atoms with Crippen LogP contribution in [0, 0.1) is 0 Å². The number of nitrogens with one attached hydrogen (secondary N) is 2. The van der Waals surface area contributed by atoms with Crippen LogP contribution in [0.25, 0.3) is 0 Å². The predicted molar refractivity (Wildman–Crippen MR) is 122 cm³/mol. The van der Waals surface area contributed by atoms with Gasteiger partial charge in [-0.1, -0.05) is 24.3 Å². The minimum atomic E-state index is -0.114. The summed E-state index contributed by atoms with van der Waals surface area (Å²) in [6, 6.07) is 8.79. The van der Waals surface area contributed by atoms with E-state index in [1.807, 2.05) is 7.05 Å². The van der Waals surface area contributed by atoms with Crippen molar-refractivity contribution in [1.82, 2.24) is 20.4 Å². The van der Waals surface area contributed by atoms with Crippen LogP contribution in [0.1, 0.15) is 37.8 Å². The fourth-order valence-electron chi connectivity index (χ4n) is 4.09. The molecule has 0 aromatic heterocycles. The second-order valence-corrected chi connectivity index (χ2v) is 9.01. The summed E-state index contributed by atoms with van der Waals surface area (Å²) in [5.41, 5.74) is 2.61. The molecule has 2 aliphatic rings.